The fraction of sp³-hybridized carbons (Fsp3) is 0.100. The standard InChI is InChI=1S/C10H9FN2O/c11-9-2-1-7(5-8(9)6-14)10-12-3-4-13-10/h1-5,14H,6H2,(H,12,13). The van der Waals surface area contributed by atoms with Crippen LogP contribution in [0, 0.1) is 5.82 Å². The molecule has 0 saturated heterocycles. The quantitative estimate of drug-likeness (QED) is 0.760. The molecule has 2 rings (SSSR count). The minimum Gasteiger partial charge on any atom is -0.392 e. The van der Waals surface area contributed by atoms with Crippen LogP contribution in [-0.4, -0.2) is 15.1 Å². The number of hydrogen-bond acceptors (Lipinski definition) is 2. The van der Waals surface area contributed by atoms with E-state index in [0.717, 1.165) is 5.56 Å². The number of H-pyrrole nitrogens is 1. The first-order valence-electron chi connectivity index (χ1n) is 4.20. The first kappa shape index (κ1) is 8.90. The van der Waals surface area contributed by atoms with Gasteiger partial charge in [-0.05, 0) is 18.2 Å². The monoisotopic (exact) mass is 192 g/mol. The lowest BCUT2D eigenvalue weighted by Gasteiger charge is -2.01. The van der Waals surface area contributed by atoms with Gasteiger partial charge in [-0.1, -0.05) is 0 Å². The van der Waals surface area contributed by atoms with Crippen molar-refractivity contribution < 1.29 is 9.50 Å². The number of aromatic nitrogens is 2. The van der Waals surface area contributed by atoms with Gasteiger partial charge in [0, 0.05) is 23.5 Å². The summed E-state index contributed by atoms with van der Waals surface area (Å²) in [6.45, 7) is -0.305. The van der Waals surface area contributed by atoms with E-state index < -0.39 is 5.82 Å². The van der Waals surface area contributed by atoms with Crippen LogP contribution in [0.4, 0.5) is 4.39 Å². The number of benzene rings is 1. The van der Waals surface area contributed by atoms with Crippen molar-refractivity contribution in [2.75, 3.05) is 0 Å². The first-order valence-corrected chi connectivity index (χ1v) is 4.20. The molecule has 1 aromatic heterocycles. The highest BCUT2D eigenvalue weighted by Gasteiger charge is 2.05. The largest absolute Gasteiger partial charge is 0.392 e. The molecule has 0 spiro atoms. The van der Waals surface area contributed by atoms with Gasteiger partial charge in [0.05, 0.1) is 6.61 Å². The summed E-state index contributed by atoms with van der Waals surface area (Å²) in [7, 11) is 0. The number of rotatable bonds is 2. The Bertz CT molecular complexity index is 426. The molecular formula is C10H9FN2O. The van der Waals surface area contributed by atoms with Crippen molar-refractivity contribution in [3.05, 3.63) is 42.0 Å². The Morgan fingerprint density at radius 1 is 1.43 bits per heavy atom. The van der Waals surface area contributed by atoms with E-state index in [4.69, 9.17) is 5.11 Å². The maximum absolute atomic E-state index is 13.0. The molecule has 0 atom stereocenters. The van der Waals surface area contributed by atoms with Crippen molar-refractivity contribution in [1.29, 1.82) is 0 Å². The normalized spacial score (nSPS) is 10.4. The van der Waals surface area contributed by atoms with Crippen molar-refractivity contribution in [1.82, 2.24) is 9.97 Å². The van der Waals surface area contributed by atoms with Gasteiger partial charge in [-0.2, -0.15) is 0 Å². The van der Waals surface area contributed by atoms with Gasteiger partial charge >= 0.3 is 0 Å². The third kappa shape index (κ3) is 1.52. The molecule has 0 aliphatic carbocycles. The van der Waals surface area contributed by atoms with Gasteiger partial charge in [-0.3, -0.25) is 0 Å². The number of nitrogens with zero attached hydrogens (tertiary/aromatic N) is 1. The molecule has 0 amide bonds. The van der Waals surface area contributed by atoms with Crippen LogP contribution >= 0.6 is 0 Å². The van der Waals surface area contributed by atoms with Crippen LogP contribution in [0.3, 0.4) is 0 Å². The molecule has 4 heteroatoms. The van der Waals surface area contributed by atoms with Gasteiger partial charge in [0.2, 0.25) is 0 Å². The fourth-order valence-corrected chi connectivity index (χ4v) is 1.27. The summed E-state index contributed by atoms with van der Waals surface area (Å²) in [5, 5.41) is 8.87. The second-order valence-electron chi connectivity index (χ2n) is 2.90. The van der Waals surface area contributed by atoms with Crippen molar-refractivity contribution in [2.45, 2.75) is 6.61 Å². The summed E-state index contributed by atoms with van der Waals surface area (Å²) in [6.07, 6.45) is 3.31. The van der Waals surface area contributed by atoms with Crippen LogP contribution in [0.25, 0.3) is 11.4 Å². The number of halogens is 1. The maximum atomic E-state index is 13.0. The molecule has 72 valence electrons. The van der Waals surface area contributed by atoms with Gasteiger partial charge in [0.1, 0.15) is 11.6 Å². The van der Waals surface area contributed by atoms with Gasteiger partial charge in [0.15, 0.2) is 0 Å². The van der Waals surface area contributed by atoms with Crippen molar-refractivity contribution in [2.24, 2.45) is 0 Å². The molecule has 0 radical (unpaired) electrons. The number of nitrogens with one attached hydrogen (secondary N) is 1. The SMILES string of the molecule is OCc1cc(-c2ncc[nH]2)ccc1F. The van der Waals surface area contributed by atoms with Gasteiger partial charge in [-0.25, -0.2) is 9.37 Å². The Morgan fingerprint density at radius 2 is 2.29 bits per heavy atom. The molecule has 1 heterocycles. The second kappa shape index (κ2) is 3.59. The average molecular weight is 192 g/mol. The van der Waals surface area contributed by atoms with Gasteiger partial charge in [0.25, 0.3) is 0 Å². The van der Waals surface area contributed by atoms with E-state index in [1.807, 2.05) is 0 Å². The Hall–Kier alpha value is -1.68. The number of aromatic amines is 1. The number of hydrogen-bond donors (Lipinski definition) is 2. The highest BCUT2D eigenvalue weighted by molar-refractivity contribution is 5.55. The van der Waals surface area contributed by atoms with E-state index in [9.17, 15) is 4.39 Å². The summed E-state index contributed by atoms with van der Waals surface area (Å²) < 4.78 is 13.0. The molecule has 0 aliphatic rings. The topological polar surface area (TPSA) is 48.9 Å². The summed E-state index contributed by atoms with van der Waals surface area (Å²) in [6, 6.07) is 4.52. The van der Waals surface area contributed by atoms with Crippen molar-refractivity contribution >= 4 is 0 Å². The molecule has 0 aliphatic heterocycles. The highest BCUT2D eigenvalue weighted by Crippen LogP contribution is 2.18. The Labute approximate surface area is 80.2 Å². The lowest BCUT2D eigenvalue weighted by Crippen LogP contribution is -1.91. The summed E-state index contributed by atoms with van der Waals surface area (Å²) in [4.78, 5) is 6.94. The predicted molar refractivity (Wildman–Crippen MR) is 49.9 cm³/mol. The smallest absolute Gasteiger partial charge is 0.137 e. The zero-order valence-corrected chi connectivity index (χ0v) is 7.37. The van der Waals surface area contributed by atoms with E-state index >= 15 is 0 Å². The molecular weight excluding hydrogens is 183 g/mol. The van der Waals surface area contributed by atoms with Gasteiger partial charge < -0.3 is 10.1 Å². The van der Waals surface area contributed by atoms with Crippen molar-refractivity contribution in [3.63, 3.8) is 0 Å². The fourth-order valence-electron chi connectivity index (χ4n) is 1.27. The molecule has 3 nitrogen and oxygen atoms in total. The van der Waals surface area contributed by atoms with E-state index in [2.05, 4.69) is 9.97 Å². The second-order valence-corrected chi connectivity index (χ2v) is 2.90. The first-order chi connectivity index (χ1) is 6.81. The third-order valence-electron chi connectivity index (χ3n) is 1.99. The Balaban J connectivity index is 2.46. The lowest BCUT2D eigenvalue weighted by molar-refractivity contribution is 0.276. The molecule has 14 heavy (non-hydrogen) atoms. The summed E-state index contributed by atoms with van der Waals surface area (Å²) in [5.41, 5.74) is 1.04. The minimum atomic E-state index is -0.400. The molecule has 0 fully saturated rings. The van der Waals surface area contributed by atoms with Crippen LogP contribution in [0.5, 0.6) is 0 Å². The van der Waals surface area contributed by atoms with E-state index in [0.29, 0.717) is 5.82 Å². The predicted octanol–water partition coefficient (Wildman–Crippen LogP) is 1.71. The highest BCUT2D eigenvalue weighted by atomic mass is 19.1. The molecule has 0 bridgehead atoms. The van der Waals surface area contributed by atoms with E-state index in [1.165, 1.54) is 6.07 Å². The number of aliphatic hydroxyl groups is 1. The van der Waals surface area contributed by atoms with Crippen LogP contribution in [-0.2, 0) is 6.61 Å². The number of imidazole rings is 1. The van der Waals surface area contributed by atoms with E-state index in [-0.39, 0.29) is 12.2 Å². The van der Waals surface area contributed by atoms with Crippen molar-refractivity contribution in [3.8, 4) is 11.4 Å². The minimum absolute atomic E-state index is 0.277. The Morgan fingerprint density at radius 3 is 2.93 bits per heavy atom. The lowest BCUT2D eigenvalue weighted by atomic mass is 10.1. The van der Waals surface area contributed by atoms with Crippen LogP contribution in [0.2, 0.25) is 0 Å². The van der Waals surface area contributed by atoms with Gasteiger partial charge in [-0.15, -0.1) is 0 Å². The maximum Gasteiger partial charge on any atom is 0.137 e. The summed E-state index contributed by atoms with van der Waals surface area (Å²) in [5.74, 6) is 0.266. The molecule has 0 saturated carbocycles. The zero-order valence-electron chi connectivity index (χ0n) is 7.37. The van der Waals surface area contributed by atoms with Crippen LogP contribution < -0.4 is 0 Å². The Kier molecular flexibility index (Phi) is 2.28. The van der Waals surface area contributed by atoms with Crippen LogP contribution in [0.15, 0.2) is 30.6 Å². The molecule has 1 aromatic carbocycles. The van der Waals surface area contributed by atoms with E-state index in [1.54, 1.807) is 24.5 Å². The van der Waals surface area contributed by atoms with Crippen LogP contribution in [0.1, 0.15) is 5.56 Å². The molecule has 0 unspecified atom stereocenters. The molecule has 2 N–H and O–H groups in total. The third-order valence-corrected chi connectivity index (χ3v) is 1.99. The number of aliphatic hydroxyl groups excluding tert-OH is 1. The zero-order chi connectivity index (χ0) is 9.97. The average Bonchev–Trinajstić information content (AvgIpc) is 2.71. The molecule has 2 aromatic rings. The summed E-state index contributed by atoms with van der Waals surface area (Å²) >= 11 is 0.